The van der Waals surface area contributed by atoms with Crippen LogP contribution < -0.4 is 16.4 Å². The molecule has 332 valence electrons. The Kier molecular flexibility index (Phi) is 16.9. The fourth-order valence-electron chi connectivity index (χ4n) is 8.10. The first kappa shape index (κ1) is 49.1. The molecule has 2 amide bonds. The molecule has 19 heteroatoms. The number of cyclic esters (lactones) is 1. The molecule has 1 aromatic rings. The zero-order valence-electron chi connectivity index (χ0n) is 35.9. The van der Waals surface area contributed by atoms with Crippen LogP contribution in [0.15, 0.2) is 18.2 Å². The van der Waals surface area contributed by atoms with Crippen LogP contribution in [0.25, 0.3) is 0 Å². The summed E-state index contributed by atoms with van der Waals surface area (Å²) in [7, 11) is 5.04. The first-order chi connectivity index (χ1) is 27.4. The molecular weight excluding hydrogens is 774 g/mol. The second kappa shape index (κ2) is 20.3. The number of aliphatic hydroxyl groups is 2. The molecular formula is C40H63N5O14. The molecule has 0 bridgehead atoms. The molecule has 0 spiro atoms. The highest BCUT2D eigenvalue weighted by Gasteiger charge is 2.53. The maximum atomic E-state index is 14.4. The summed E-state index contributed by atoms with van der Waals surface area (Å²) in [4.78, 5) is 80.4. The molecule has 0 saturated carbocycles. The van der Waals surface area contributed by atoms with Gasteiger partial charge >= 0.3 is 12.1 Å². The van der Waals surface area contributed by atoms with Crippen LogP contribution in [-0.4, -0.2) is 138 Å². The lowest BCUT2D eigenvalue weighted by atomic mass is 9.74. The number of hydrogen-bond acceptors (Lipinski definition) is 16. The number of nitrogen functional groups attached to an aromatic ring is 1. The number of likely N-dealkylation sites (N-methyl/N-ethyl adjacent to an activating group) is 1. The van der Waals surface area contributed by atoms with E-state index in [1.807, 2.05) is 25.9 Å². The number of non-ortho nitro benzene ring substituents is 1. The van der Waals surface area contributed by atoms with Crippen LogP contribution in [0, 0.1) is 33.8 Å². The van der Waals surface area contributed by atoms with Crippen LogP contribution in [0.3, 0.4) is 0 Å². The van der Waals surface area contributed by atoms with Crippen molar-refractivity contribution in [1.29, 1.82) is 0 Å². The molecule has 2 heterocycles. The number of nitrogens with two attached hydrogens (primary N) is 1. The Morgan fingerprint density at radius 1 is 1.03 bits per heavy atom. The van der Waals surface area contributed by atoms with Gasteiger partial charge in [-0.05, 0) is 67.1 Å². The minimum Gasteiger partial charge on any atom is -0.459 e. The van der Waals surface area contributed by atoms with Crippen molar-refractivity contribution in [2.24, 2.45) is 23.7 Å². The molecule has 0 unspecified atom stereocenters. The largest absolute Gasteiger partial charge is 0.459 e. The van der Waals surface area contributed by atoms with Gasteiger partial charge in [-0.15, -0.1) is 0 Å². The number of methoxy groups -OCH3 is 1. The molecule has 2 fully saturated rings. The Labute approximate surface area is 345 Å². The van der Waals surface area contributed by atoms with Crippen molar-refractivity contribution in [1.82, 2.24) is 15.5 Å². The van der Waals surface area contributed by atoms with E-state index >= 15 is 0 Å². The molecule has 59 heavy (non-hydrogen) atoms. The van der Waals surface area contributed by atoms with E-state index in [0.29, 0.717) is 6.42 Å². The number of amides is 2. The van der Waals surface area contributed by atoms with Gasteiger partial charge in [0.25, 0.3) is 11.6 Å². The molecule has 1 aromatic carbocycles. The highest BCUT2D eigenvalue weighted by Crippen LogP contribution is 2.39. The molecule has 0 aromatic heterocycles. The van der Waals surface area contributed by atoms with E-state index in [1.54, 1.807) is 27.7 Å². The Hall–Kier alpha value is -4.27. The number of nitro benzene ring substituents is 1. The van der Waals surface area contributed by atoms with Crippen LogP contribution in [0.4, 0.5) is 16.2 Å². The summed E-state index contributed by atoms with van der Waals surface area (Å²) >= 11 is 0. The number of nitrogens with one attached hydrogen (secondary N) is 2. The number of carbonyl (C=O) groups is 5. The normalized spacial score (nSPS) is 35.0. The smallest absolute Gasteiger partial charge is 0.407 e. The van der Waals surface area contributed by atoms with Crippen molar-refractivity contribution in [2.75, 3.05) is 40.0 Å². The monoisotopic (exact) mass is 837 g/mol. The Bertz CT molecular complexity index is 1690. The second-order valence-corrected chi connectivity index (χ2v) is 16.5. The van der Waals surface area contributed by atoms with Gasteiger partial charge in [-0.1, -0.05) is 27.7 Å². The highest BCUT2D eigenvalue weighted by atomic mass is 16.7. The summed E-state index contributed by atoms with van der Waals surface area (Å²) in [6.07, 6.45) is -7.36. The molecule has 2 aliphatic heterocycles. The maximum Gasteiger partial charge on any atom is 0.407 e. The fraction of sp³-hybridized carbons (Fsp3) is 0.725. The van der Waals surface area contributed by atoms with Crippen molar-refractivity contribution in [3.05, 3.63) is 33.9 Å². The Morgan fingerprint density at radius 3 is 2.20 bits per heavy atom. The number of ether oxygens (including phenoxy) is 5. The second-order valence-electron chi connectivity index (χ2n) is 16.5. The van der Waals surface area contributed by atoms with Gasteiger partial charge in [-0.25, -0.2) is 4.79 Å². The average Bonchev–Trinajstić information content (AvgIpc) is 3.18. The predicted molar refractivity (Wildman–Crippen MR) is 213 cm³/mol. The lowest BCUT2D eigenvalue weighted by molar-refractivity contribution is -0.384. The number of Topliss-reactive ketones (excluding diaryl/α,β-unsaturated/α-hetero) is 2. The fourth-order valence-corrected chi connectivity index (χ4v) is 8.10. The number of ketones is 2. The summed E-state index contributed by atoms with van der Waals surface area (Å²) in [5.74, 6) is -7.15. The summed E-state index contributed by atoms with van der Waals surface area (Å²) in [6, 6.07) is 3.03. The first-order valence-corrected chi connectivity index (χ1v) is 19.9. The number of carbonyl (C=O) groups excluding carboxylic acids is 5. The third kappa shape index (κ3) is 11.5. The molecule has 0 radical (unpaired) electrons. The SMILES string of the molecule is CC[C@H]1OC(=O)[C@H](C)C(=O)[C@H](C)[C@@H](O[C@@H]2O[C@H](C)C[C@H](N(C)C)[C@H]2O)[C@](C)(OC)C[C@@H](C)C(=O)[C@H](C)[C@@H](OC(=O)NCCNC(=O)c2ccc([N+](=O)[O-])cc2N)[C@]1(C)O. The predicted octanol–water partition coefficient (Wildman–Crippen LogP) is 2.38. The Morgan fingerprint density at radius 2 is 1.64 bits per heavy atom. The lowest BCUT2D eigenvalue weighted by Crippen LogP contribution is -2.60. The van der Waals surface area contributed by atoms with Crippen LogP contribution in [0.1, 0.15) is 85.0 Å². The molecule has 6 N–H and O–H groups in total. The van der Waals surface area contributed by atoms with Crippen molar-refractivity contribution in [2.45, 2.75) is 129 Å². The van der Waals surface area contributed by atoms with E-state index < -0.39 is 100 Å². The van der Waals surface area contributed by atoms with Crippen LogP contribution in [-0.2, 0) is 38.1 Å². The summed E-state index contributed by atoms with van der Waals surface area (Å²) in [6.45, 7) is 12.1. The standard InChI is InChI=1S/C40H63N5O14/c1-12-29-40(8,52)34(59-38(51)43-16-15-42-35(49)26-14-13-25(45(53)54)18-27(26)41)22(4)30(46)20(2)19-39(7,55-11)33(23(5)31(47)24(6)36(50)57-29)58-37-32(48)28(44(9)10)17-21(3)56-37/h13-14,18,20-24,28-29,32-34,37,48,52H,12,15-17,19,41H2,1-11H3,(H,42,49)(H,43,51)/t20-,21-,22+,23+,24-,28+,29-,32-,33-,34-,37+,39-,40-/m1/s1. The molecule has 13 atom stereocenters. The zero-order valence-corrected chi connectivity index (χ0v) is 35.9. The number of hydrogen-bond donors (Lipinski definition) is 5. The van der Waals surface area contributed by atoms with E-state index in [4.69, 9.17) is 29.4 Å². The van der Waals surface area contributed by atoms with Crippen molar-refractivity contribution in [3.8, 4) is 0 Å². The maximum absolute atomic E-state index is 14.4. The average molecular weight is 838 g/mol. The lowest BCUT2D eigenvalue weighted by Gasteiger charge is -2.47. The molecule has 2 saturated heterocycles. The van der Waals surface area contributed by atoms with Gasteiger partial charge in [0.05, 0.1) is 39.9 Å². The third-order valence-electron chi connectivity index (χ3n) is 11.7. The van der Waals surface area contributed by atoms with Crippen LogP contribution >= 0.6 is 0 Å². The molecule has 0 aliphatic carbocycles. The first-order valence-electron chi connectivity index (χ1n) is 19.9. The molecule has 2 aliphatic rings. The number of rotatable bonds is 11. The van der Waals surface area contributed by atoms with Crippen LogP contribution in [0.2, 0.25) is 0 Å². The minimum absolute atomic E-state index is 0.000564. The van der Waals surface area contributed by atoms with E-state index in [-0.39, 0.29) is 55.0 Å². The number of esters is 1. The highest BCUT2D eigenvalue weighted by molar-refractivity contribution is 6.00. The van der Waals surface area contributed by atoms with Gasteiger partial charge in [0.2, 0.25) is 0 Å². The van der Waals surface area contributed by atoms with Crippen molar-refractivity contribution < 1.29 is 62.8 Å². The van der Waals surface area contributed by atoms with Crippen LogP contribution in [0.5, 0.6) is 0 Å². The van der Waals surface area contributed by atoms with Gasteiger partial charge in [0, 0.05) is 50.2 Å². The quantitative estimate of drug-likeness (QED) is 0.0535. The van der Waals surface area contributed by atoms with Gasteiger partial charge < -0.3 is 55.2 Å². The van der Waals surface area contributed by atoms with Gasteiger partial charge in [0.15, 0.2) is 12.1 Å². The van der Waals surface area contributed by atoms with Crippen molar-refractivity contribution in [3.63, 3.8) is 0 Å². The van der Waals surface area contributed by atoms with E-state index in [0.717, 1.165) is 12.1 Å². The third-order valence-corrected chi connectivity index (χ3v) is 11.7. The minimum atomic E-state index is -2.17. The molecule has 19 nitrogen and oxygen atoms in total. The van der Waals surface area contributed by atoms with E-state index in [2.05, 4.69) is 10.6 Å². The topological polar surface area (TPSA) is 268 Å². The number of aliphatic hydroxyl groups excluding tert-OH is 1. The summed E-state index contributed by atoms with van der Waals surface area (Å²) in [5, 5.41) is 39.4. The number of anilines is 1. The number of alkyl carbamates (subject to hydrolysis) is 1. The van der Waals surface area contributed by atoms with Gasteiger partial charge in [-0.3, -0.25) is 29.3 Å². The number of nitrogens with zero attached hydrogens (tertiary/aromatic N) is 2. The molecule has 3 rings (SSSR count). The van der Waals surface area contributed by atoms with Gasteiger partial charge in [0.1, 0.15) is 35.6 Å². The van der Waals surface area contributed by atoms with Crippen molar-refractivity contribution >= 4 is 40.9 Å². The summed E-state index contributed by atoms with van der Waals surface area (Å²) < 4.78 is 30.1. The van der Waals surface area contributed by atoms with E-state index in [9.17, 15) is 44.3 Å². The van der Waals surface area contributed by atoms with Gasteiger partial charge in [-0.2, -0.15) is 0 Å². The zero-order chi connectivity index (χ0) is 44.7. The number of benzene rings is 1. The number of nitro groups is 1. The van der Waals surface area contributed by atoms with E-state index in [1.165, 1.54) is 33.9 Å². The Balaban J connectivity index is 1.92. The summed E-state index contributed by atoms with van der Waals surface area (Å²) in [5.41, 5.74) is 1.82.